The minimum absolute atomic E-state index is 0.253. The van der Waals surface area contributed by atoms with Crippen LogP contribution >= 0.6 is 0 Å². The molecule has 0 saturated heterocycles. The number of benzene rings is 1. The molecule has 0 spiro atoms. The second-order valence-electron chi connectivity index (χ2n) is 3.33. The van der Waals surface area contributed by atoms with E-state index in [2.05, 4.69) is 6.92 Å². The molecule has 1 atom stereocenters. The molecule has 2 rings (SSSR count). The van der Waals surface area contributed by atoms with Gasteiger partial charge < -0.3 is 9.84 Å². The van der Waals surface area contributed by atoms with Gasteiger partial charge in [-0.25, -0.2) is 0 Å². The molecule has 1 aromatic rings. The molecule has 12 heavy (non-hydrogen) atoms. The summed E-state index contributed by atoms with van der Waals surface area (Å²) < 4.78 is 5.00. The van der Waals surface area contributed by atoms with Crippen molar-refractivity contribution >= 4 is 0 Å². The third kappa shape index (κ3) is 0.876. The molecule has 0 aliphatic heterocycles. The van der Waals surface area contributed by atoms with Crippen LogP contribution < -0.4 is 4.74 Å². The maximum absolute atomic E-state index is 9.44. The number of hydrogen-bond acceptors (Lipinski definition) is 2. The Morgan fingerprint density at radius 1 is 1.50 bits per heavy atom. The van der Waals surface area contributed by atoms with Gasteiger partial charge in [-0.15, -0.1) is 0 Å². The first kappa shape index (κ1) is 7.47. The van der Waals surface area contributed by atoms with E-state index in [1.54, 1.807) is 7.11 Å². The summed E-state index contributed by atoms with van der Waals surface area (Å²) in [6.07, 6.45) is 1.10. The highest BCUT2D eigenvalue weighted by Crippen LogP contribution is 2.41. The Kier molecular flexibility index (Phi) is 1.50. The maximum Gasteiger partial charge on any atom is 0.160 e. The molecule has 2 nitrogen and oxygen atoms in total. The average molecular weight is 164 g/mol. The van der Waals surface area contributed by atoms with E-state index >= 15 is 0 Å². The Labute approximate surface area is 71.8 Å². The second kappa shape index (κ2) is 2.41. The minimum Gasteiger partial charge on any atom is -0.504 e. The first-order valence-corrected chi connectivity index (χ1v) is 4.12. The number of ether oxygens (including phenoxy) is 1. The Morgan fingerprint density at radius 3 is 2.83 bits per heavy atom. The molecular weight excluding hydrogens is 152 g/mol. The van der Waals surface area contributed by atoms with Crippen LogP contribution in [0.25, 0.3) is 0 Å². The monoisotopic (exact) mass is 164 g/mol. The fourth-order valence-corrected chi connectivity index (χ4v) is 1.73. The summed E-state index contributed by atoms with van der Waals surface area (Å²) in [4.78, 5) is 0. The van der Waals surface area contributed by atoms with Gasteiger partial charge in [0.2, 0.25) is 0 Å². The van der Waals surface area contributed by atoms with Crippen molar-refractivity contribution in [3.05, 3.63) is 23.3 Å². The van der Waals surface area contributed by atoms with Crippen molar-refractivity contribution in [1.29, 1.82) is 0 Å². The first-order valence-electron chi connectivity index (χ1n) is 4.12. The van der Waals surface area contributed by atoms with Crippen molar-refractivity contribution in [3.63, 3.8) is 0 Å². The number of hydrogen-bond donors (Lipinski definition) is 1. The molecule has 1 N–H and O–H groups in total. The van der Waals surface area contributed by atoms with Crippen molar-refractivity contribution in [1.82, 2.24) is 0 Å². The second-order valence-corrected chi connectivity index (χ2v) is 3.33. The van der Waals surface area contributed by atoms with Crippen LogP contribution in [0.4, 0.5) is 0 Å². The van der Waals surface area contributed by atoms with Crippen molar-refractivity contribution in [2.45, 2.75) is 19.3 Å². The van der Waals surface area contributed by atoms with Crippen LogP contribution in [0.2, 0.25) is 0 Å². The van der Waals surface area contributed by atoms with Crippen molar-refractivity contribution < 1.29 is 9.84 Å². The molecule has 0 bridgehead atoms. The number of rotatable bonds is 1. The number of phenolic OH excluding ortho intramolecular Hbond substituents is 1. The van der Waals surface area contributed by atoms with E-state index in [-0.39, 0.29) is 5.75 Å². The van der Waals surface area contributed by atoms with E-state index < -0.39 is 0 Å². The number of fused-ring (bicyclic) bond motifs is 1. The highest BCUT2D eigenvalue weighted by molar-refractivity contribution is 5.52. The summed E-state index contributed by atoms with van der Waals surface area (Å²) in [6.45, 7) is 2.16. The fraction of sp³-hybridized carbons (Fsp3) is 0.400. The molecule has 0 saturated carbocycles. The summed E-state index contributed by atoms with van der Waals surface area (Å²) >= 11 is 0. The Morgan fingerprint density at radius 2 is 2.25 bits per heavy atom. The highest BCUT2D eigenvalue weighted by Gasteiger charge is 2.23. The van der Waals surface area contributed by atoms with Gasteiger partial charge in [-0.3, -0.25) is 0 Å². The van der Waals surface area contributed by atoms with Gasteiger partial charge in [0.25, 0.3) is 0 Å². The standard InChI is InChI=1S/C10H12O2/c1-6-3-7-4-10(12-2)9(11)5-8(6)7/h4-6,11H,3H2,1-2H3/t6-/m0/s1. The van der Waals surface area contributed by atoms with Crippen LogP contribution in [0, 0.1) is 0 Å². The van der Waals surface area contributed by atoms with Gasteiger partial charge in [0.15, 0.2) is 11.5 Å². The lowest BCUT2D eigenvalue weighted by atomic mass is 9.79. The topological polar surface area (TPSA) is 29.5 Å². The Bertz CT molecular complexity index is 302. The quantitative estimate of drug-likeness (QED) is 0.688. The van der Waals surface area contributed by atoms with Crippen molar-refractivity contribution in [3.8, 4) is 11.5 Å². The lowest BCUT2D eigenvalue weighted by molar-refractivity contribution is 0.370. The molecule has 64 valence electrons. The smallest absolute Gasteiger partial charge is 0.160 e. The van der Waals surface area contributed by atoms with E-state index in [9.17, 15) is 5.11 Å². The molecule has 0 unspecified atom stereocenters. The molecule has 0 heterocycles. The van der Waals surface area contributed by atoms with E-state index in [0.717, 1.165) is 6.42 Å². The van der Waals surface area contributed by atoms with Crippen molar-refractivity contribution in [2.24, 2.45) is 0 Å². The zero-order valence-electron chi connectivity index (χ0n) is 7.29. The van der Waals surface area contributed by atoms with Crippen molar-refractivity contribution in [2.75, 3.05) is 7.11 Å². The van der Waals surface area contributed by atoms with Gasteiger partial charge in [-0.1, -0.05) is 6.92 Å². The molecule has 0 aromatic heterocycles. The largest absolute Gasteiger partial charge is 0.504 e. The molecule has 0 amide bonds. The maximum atomic E-state index is 9.44. The third-order valence-corrected chi connectivity index (χ3v) is 2.50. The van der Waals surface area contributed by atoms with Crippen LogP contribution in [0.3, 0.4) is 0 Å². The molecule has 1 aliphatic carbocycles. The highest BCUT2D eigenvalue weighted by atomic mass is 16.5. The minimum atomic E-state index is 0.253. The van der Waals surface area contributed by atoms with Crippen LogP contribution in [0.1, 0.15) is 24.0 Å². The number of phenols is 1. The van der Waals surface area contributed by atoms with Gasteiger partial charge in [0.1, 0.15) is 0 Å². The predicted octanol–water partition coefficient (Wildman–Crippen LogP) is 2.06. The molecular formula is C10H12O2. The molecule has 1 aromatic carbocycles. The number of aromatic hydroxyl groups is 1. The predicted molar refractivity (Wildman–Crippen MR) is 46.8 cm³/mol. The summed E-state index contributed by atoms with van der Waals surface area (Å²) in [5.74, 6) is 1.43. The summed E-state index contributed by atoms with van der Waals surface area (Å²) in [5, 5.41) is 9.44. The zero-order valence-corrected chi connectivity index (χ0v) is 7.29. The van der Waals surface area contributed by atoms with Crippen LogP contribution in [0.5, 0.6) is 11.5 Å². The lowest BCUT2D eigenvalue weighted by Crippen LogP contribution is -2.13. The van der Waals surface area contributed by atoms with Crippen LogP contribution in [-0.2, 0) is 6.42 Å². The van der Waals surface area contributed by atoms with E-state index in [1.165, 1.54) is 11.1 Å². The molecule has 0 radical (unpaired) electrons. The molecule has 1 aliphatic rings. The summed E-state index contributed by atoms with van der Waals surface area (Å²) in [6, 6.07) is 3.73. The zero-order chi connectivity index (χ0) is 8.72. The Balaban J connectivity index is 2.47. The fourth-order valence-electron chi connectivity index (χ4n) is 1.73. The normalized spacial score (nSPS) is 19.7. The number of methoxy groups -OCH3 is 1. The molecule has 0 fully saturated rings. The Hall–Kier alpha value is -1.18. The summed E-state index contributed by atoms with van der Waals surface area (Å²) in [7, 11) is 1.57. The van der Waals surface area contributed by atoms with Gasteiger partial charge in [0, 0.05) is 0 Å². The van der Waals surface area contributed by atoms with Gasteiger partial charge in [-0.2, -0.15) is 0 Å². The van der Waals surface area contributed by atoms with Crippen LogP contribution in [0.15, 0.2) is 12.1 Å². The lowest BCUT2D eigenvalue weighted by Gasteiger charge is -2.27. The van der Waals surface area contributed by atoms with Gasteiger partial charge in [-0.05, 0) is 35.6 Å². The van der Waals surface area contributed by atoms with Crippen LogP contribution in [-0.4, -0.2) is 12.2 Å². The van der Waals surface area contributed by atoms with E-state index in [4.69, 9.17) is 4.74 Å². The first-order chi connectivity index (χ1) is 5.72. The molecule has 2 heteroatoms. The van der Waals surface area contributed by atoms with E-state index in [1.807, 2.05) is 12.1 Å². The summed E-state index contributed by atoms with van der Waals surface area (Å²) in [5.41, 5.74) is 2.56. The van der Waals surface area contributed by atoms with Gasteiger partial charge in [0.05, 0.1) is 7.11 Å². The third-order valence-electron chi connectivity index (χ3n) is 2.50. The van der Waals surface area contributed by atoms with E-state index in [0.29, 0.717) is 11.7 Å². The SMILES string of the molecule is COc1cc2c(cc1O)[C@@H](C)C2. The average Bonchev–Trinajstić information content (AvgIpc) is 2.06. The van der Waals surface area contributed by atoms with Gasteiger partial charge >= 0.3 is 0 Å².